The highest BCUT2D eigenvalue weighted by molar-refractivity contribution is 5.85. The van der Waals surface area contributed by atoms with E-state index < -0.39 is 23.4 Å². The van der Waals surface area contributed by atoms with E-state index in [-0.39, 0.29) is 24.4 Å². The van der Waals surface area contributed by atoms with Crippen molar-refractivity contribution in [1.29, 1.82) is 0 Å². The van der Waals surface area contributed by atoms with Crippen LogP contribution in [0.4, 0.5) is 8.78 Å². The van der Waals surface area contributed by atoms with E-state index >= 15 is 0 Å². The third-order valence-electron chi connectivity index (χ3n) is 1.91. The van der Waals surface area contributed by atoms with Crippen LogP contribution in [0.15, 0.2) is 24.8 Å². The number of hydrogen-bond acceptors (Lipinski definition) is 2. The molecule has 0 saturated heterocycles. The maximum Gasteiger partial charge on any atom is 0.165 e. The summed E-state index contributed by atoms with van der Waals surface area (Å²) in [6, 6.07) is 1.02. The molecule has 0 aliphatic rings. The van der Waals surface area contributed by atoms with Gasteiger partial charge in [-0.25, -0.2) is 8.78 Å². The fourth-order valence-electron chi connectivity index (χ4n) is 1.21. The third kappa shape index (κ3) is 2.91. The molecule has 1 atom stereocenters. The molecule has 1 aromatic rings. The molecule has 5 heteroatoms. The number of hydrogen-bond donors (Lipinski definition) is 2. The van der Waals surface area contributed by atoms with E-state index in [0.717, 1.165) is 12.1 Å². The molecular weight excluding hydrogens is 224 g/mol. The monoisotopic (exact) mass is 235 g/mol. The van der Waals surface area contributed by atoms with Crippen LogP contribution in [-0.4, -0.2) is 5.11 Å². The first-order chi connectivity index (χ1) is 6.57. The van der Waals surface area contributed by atoms with E-state index in [0.29, 0.717) is 0 Å². The fraction of sp³-hybridized carbons (Fsp3) is 0.200. The van der Waals surface area contributed by atoms with Gasteiger partial charge in [0.1, 0.15) is 5.82 Å². The maximum absolute atomic E-state index is 13.2. The molecule has 1 rings (SSSR count). The highest BCUT2D eigenvalue weighted by atomic mass is 35.5. The van der Waals surface area contributed by atoms with E-state index in [1.807, 2.05) is 0 Å². The van der Waals surface area contributed by atoms with E-state index in [4.69, 9.17) is 5.73 Å². The largest absolute Gasteiger partial charge is 0.505 e. The Morgan fingerprint density at radius 3 is 2.47 bits per heavy atom. The first kappa shape index (κ1) is 13.9. The molecule has 0 fully saturated rings. The standard InChI is InChI=1S/C10H11F2NO.ClH/c1-2-3-8(13)9-6(11)4-5-7(12)10(9)14;/h2,4-5,8,14H,1,3,13H2;1H/t8-;/m0./s1. The molecule has 2 nitrogen and oxygen atoms in total. The second-order valence-electron chi connectivity index (χ2n) is 2.92. The third-order valence-corrected chi connectivity index (χ3v) is 1.91. The highest BCUT2D eigenvalue weighted by Crippen LogP contribution is 2.29. The Morgan fingerprint density at radius 2 is 1.93 bits per heavy atom. The molecule has 0 amide bonds. The van der Waals surface area contributed by atoms with E-state index in [1.165, 1.54) is 6.08 Å². The van der Waals surface area contributed by atoms with Gasteiger partial charge >= 0.3 is 0 Å². The topological polar surface area (TPSA) is 46.2 Å². The van der Waals surface area contributed by atoms with Gasteiger partial charge in [0.2, 0.25) is 0 Å². The van der Waals surface area contributed by atoms with Crippen LogP contribution in [0, 0.1) is 11.6 Å². The summed E-state index contributed by atoms with van der Waals surface area (Å²) >= 11 is 0. The molecule has 0 radical (unpaired) electrons. The van der Waals surface area contributed by atoms with Crippen molar-refractivity contribution < 1.29 is 13.9 Å². The van der Waals surface area contributed by atoms with Crippen LogP contribution in [-0.2, 0) is 0 Å². The van der Waals surface area contributed by atoms with Crippen LogP contribution in [0.1, 0.15) is 18.0 Å². The van der Waals surface area contributed by atoms with Gasteiger partial charge in [0.05, 0.1) is 0 Å². The lowest BCUT2D eigenvalue weighted by Gasteiger charge is -2.12. The van der Waals surface area contributed by atoms with Crippen molar-refractivity contribution in [2.24, 2.45) is 5.73 Å². The number of phenolic OH excluding ortho intramolecular Hbond substituents is 1. The van der Waals surface area contributed by atoms with Gasteiger partial charge in [-0.05, 0) is 18.6 Å². The second kappa shape index (κ2) is 5.68. The van der Waals surface area contributed by atoms with Gasteiger partial charge in [-0.15, -0.1) is 19.0 Å². The van der Waals surface area contributed by atoms with Crippen molar-refractivity contribution in [2.75, 3.05) is 0 Å². The minimum atomic E-state index is -0.874. The van der Waals surface area contributed by atoms with Gasteiger partial charge in [-0.2, -0.15) is 0 Å². The molecule has 0 heterocycles. The number of nitrogens with two attached hydrogens (primary N) is 1. The van der Waals surface area contributed by atoms with Crippen molar-refractivity contribution in [1.82, 2.24) is 0 Å². The predicted molar refractivity (Wildman–Crippen MR) is 57.0 cm³/mol. The average Bonchev–Trinajstić information content (AvgIpc) is 2.13. The molecule has 0 aromatic heterocycles. The first-order valence-electron chi connectivity index (χ1n) is 4.11. The lowest BCUT2D eigenvalue weighted by Crippen LogP contribution is -2.12. The van der Waals surface area contributed by atoms with Crippen LogP contribution >= 0.6 is 12.4 Å². The van der Waals surface area contributed by atoms with E-state index in [9.17, 15) is 13.9 Å². The van der Waals surface area contributed by atoms with Crippen LogP contribution in [0.5, 0.6) is 5.75 Å². The molecule has 15 heavy (non-hydrogen) atoms. The Bertz CT molecular complexity index is 358. The zero-order valence-corrected chi connectivity index (χ0v) is 8.73. The molecule has 0 unspecified atom stereocenters. The first-order valence-corrected chi connectivity index (χ1v) is 4.11. The summed E-state index contributed by atoms with van der Waals surface area (Å²) in [5.74, 6) is -2.31. The van der Waals surface area contributed by atoms with Gasteiger partial charge in [0.25, 0.3) is 0 Å². The molecular formula is C10H12ClF2NO. The number of halogens is 3. The fourth-order valence-corrected chi connectivity index (χ4v) is 1.21. The summed E-state index contributed by atoms with van der Waals surface area (Å²) in [7, 11) is 0. The van der Waals surface area contributed by atoms with E-state index in [1.54, 1.807) is 0 Å². The lowest BCUT2D eigenvalue weighted by atomic mass is 10.0. The molecule has 3 N–H and O–H groups in total. The van der Waals surface area contributed by atoms with E-state index in [2.05, 4.69) is 6.58 Å². The summed E-state index contributed by atoms with van der Waals surface area (Å²) < 4.78 is 26.0. The van der Waals surface area contributed by atoms with Crippen molar-refractivity contribution in [3.63, 3.8) is 0 Å². The Kier molecular flexibility index (Phi) is 5.25. The smallest absolute Gasteiger partial charge is 0.165 e. The van der Waals surface area contributed by atoms with Crippen molar-refractivity contribution in [2.45, 2.75) is 12.5 Å². The van der Waals surface area contributed by atoms with Crippen LogP contribution < -0.4 is 5.73 Å². The SMILES string of the molecule is C=CC[C@H](N)c1c(F)ccc(F)c1O.Cl. The van der Waals surface area contributed by atoms with Gasteiger partial charge in [0.15, 0.2) is 11.6 Å². The van der Waals surface area contributed by atoms with Crippen LogP contribution in [0.2, 0.25) is 0 Å². The Hall–Kier alpha value is -1.13. The molecule has 0 aliphatic carbocycles. The summed E-state index contributed by atoms with van der Waals surface area (Å²) in [4.78, 5) is 0. The zero-order valence-electron chi connectivity index (χ0n) is 7.91. The maximum atomic E-state index is 13.2. The summed E-state index contributed by atoms with van der Waals surface area (Å²) in [5, 5.41) is 9.25. The molecule has 0 saturated carbocycles. The second-order valence-corrected chi connectivity index (χ2v) is 2.92. The molecule has 84 valence electrons. The Labute approximate surface area is 92.8 Å². The molecule has 0 bridgehead atoms. The Balaban J connectivity index is 0.00000196. The normalized spacial score (nSPS) is 11.7. The number of rotatable bonds is 3. The highest BCUT2D eigenvalue weighted by Gasteiger charge is 2.18. The molecule has 0 spiro atoms. The van der Waals surface area contributed by atoms with Crippen molar-refractivity contribution >= 4 is 12.4 Å². The van der Waals surface area contributed by atoms with Crippen molar-refractivity contribution in [3.05, 3.63) is 42.0 Å². The summed E-state index contributed by atoms with van der Waals surface area (Å²) in [6.45, 7) is 3.43. The van der Waals surface area contributed by atoms with Gasteiger partial charge in [-0.3, -0.25) is 0 Å². The van der Waals surface area contributed by atoms with Gasteiger partial charge < -0.3 is 10.8 Å². The number of aromatic hydroxyl groups is 1. The Morgan fingerprint density at radius 1 is 1.40 bits per heavy atom. The van der Waals surface area contributed by atoms with Crippen LogP contribution in [0.25, 0.3) is 0 Å². The molecule has 1 aromatic carbocycles. The quantitative estimate of drug-likeness (QED) is 0.792. The average molecular weight is 236 g/mol. The summed E-state index contributed by atoms with van der Waals surface area (Å²) in [5.41, 5.74) is 5.33. The van der Waals surface area contributed by atoms with Gasteiger partial charge in [-0.1, -0.05) is 6.08 Å². The van der Waals surface area contributed by atoms with Gasteiger partial charge in [0, 0.05) is 11.6 Å². The van der Waals surface area contributed by atoms with Crippen molar-refractivity contribution in [3.8, 4) is 5.75 Å². The zero-order chi connectivity index (χ0) is 10.7. The minimum absolute atomic E-state index is 0. The van der Waals surface area contributed by atoms with Crippen LogP contribution in [0.3, 0.4) is 0 Å². The number of benzene rings is 1. The number of phenols is 1. The molecule has 0 aliphatic heterocycles. The summed E-state index contributed by atoms with van der Waals surface area (Å²) in [6.07, 6.45) is 1.75. The predicted octanol–water partition coefficient (Wildman–Crippen LogP) is 2.67. The minimum Gasteiger partial charge on any atom is -0.505 e. The lowest BCUT2D eigenvalue weighted by molar-refractivity contribution is 0.410.